The van der Waals surface area contributed by atoms with E-state index in [1.807, 2.05) is 19.1 Å². The zero-order chi connectivity index (χ0) is 18.1. The smallest absolute Gasteiger partial charge is 0.340 e. The number of rotatable bonds is 5. The number of aryl methyl sites for hydroxylation is 1. The van der Waals surface area contributed by atoms with Gasteiger partial charge in [-0.15, -0.1) is 12.4 Å². The Morgan fingerprint density at radius 3 is 2.70 bits per heavy atom. The summed E-state index contributed by atoms with van der Waals surface area (Å²) < 4.78 is 5.68. The zero-order valence-electron chi connectivity index (χ0n) is 15.6. The molecule has 1 aliphatic heterocycles. The number of likely N-dealkylation sites (tertiary alicyclic amines) is 1. The lowest BCUT2D eigenvalue weighted by molar-refractivity contribution is 0.0409. The Bertz CT molecular complexity index is 796. The minimum atomic E-state index is -0.299. The molecule has 0 radical (unpaired) electrons. The van der Waals surface area contributed by atoms with E-state index >= 15 is 0 Å². The third-order valence-corrected chi connectivity index (χ3v) is 6.05. The van der Waals surface area contributed by atoms with Gasteiger partial charge in [0.25, 0.3) is 0 Å². The quantitative estimate of drug-likeness (QED) is 0.621. The minimum Gasteiger partial charge on any atom is -0.462 e. The van der Waals surface area contributed by atoms with Crippen LogP contribution < -0.4 is 5.73 Å². The van der Waals surface area contributed by atoms with Crippen molar-refractivity contribution in [3.63, 3.8) is 0 Å². The second kappa shape index (κ2) is 8.32. The first-order valence-corrected chi connectivity index (χ1v) is 9.43. The Balaban J connectivity index is 0.00000210. The van der Waals surface area contributed by atoms with Crippen molar-refractivity contribution >= 4 is 24.1 Å². The van der Waals surface area contributed by atoms with Gasteiger partial charge in [-0.3, -0.25) is 4.90 Å². The van der Waals surface area contributed by atoms with Gasteiger partial charge in [0, 0.05) is 30.7 Å². The summed E-state index contributed by atoms with van der Waals surface area (Å²) in [6.07, 6.45) is 2.44. The van der Waals surface area contributed by atoms with Gasteiger partial charge in [0.1, 0.15) is 0 Å². The monoisotopic (exact) mass is 386 g/mol. The van der Waals surface area contributed by atoms with E-state index in [1.54, 1.807) is 6.07 Å². The van der Waals surface area contributed by atoms with Crippen LogP contribution in [0.5, 0.6) is 0 Å². The number of benzene rings is 2. The predicted molar refractivity (Wildman–Crippen MR) is 110 cm³/mol. The van der Waals surface area contributed by atoms with Crippen molar-refractivity contribution in [1.29, 1.82) is 0 Å². The molecule has 4 nitrogen and oxygen atoms in total. The molecule has 27 heavy (non-hydrogen) atoms. The minimum absolute atomic E-state index is 0. The fourth-order valence-electron chi connectivity index (χ4n) is 4.60. The van der Waals surface area contributed by atoms with Crippen molar-refractivity contribution < 1.29 is 9.53 Å². The fraction of sp³-hybridized carbons (Fsp3) is 0.409. The summed E-state index contributed by atoms with van der Waals surface area (Å²) in [5.41, 5.74) is 9.30. The Kier molecular flexibility index (Phi) is 6.08. The van der Waals surface area contributed by atoms with Crippen molar-refractivity contribution in [1.82, 2.24) is 4.90 Å². The molecule has 3 atom stereocenters. The van der Waals surface area contributed by atoms with Gasteiger partial charge in [-0.25, -0.2) is 4.79 Å². The molecule has 1 aliphatic carbocycles. The highest BCUT2D eigenvalue weighted by atomic mass is 35.5. The number of carbonyl (C=O) groups is 1. The maximum absolute atomic E-state index is 12.5. The molecule has 1 saturated heterocycles. The fourth-order valence-corrected chi connectivity index (χ4v) is 4.60. The third-order valence-electron chi connectivity index (χ3n) is 6.05. The van der Waals surface area contributed by atoms with Crippen molar-refractivity contribution in [2.45, 2.75) is 32.4 Å². The van der Waals surface area contributed by atoms with Crippen molar-refractivity contribution in [3.8, 4) is 0 Å². The number of nitrogens with zero attached hydrogens (tertiary/aromatic N) is 1. The second-order valence-electron chi connectivity index (χ2n) is 7.62. The summed E-state index contributed by atoms with van der Waals surface area (Å²) in [4.78, 5) is 15.0. The van der Waals surface area contributed by atoms with Crippen LogP contribution >= 0.6 is 12.4 Å². The van der Waals surface area contributed by atoms with Gasteiger partial charge in [0.05, 0.1) is 12.2 Å². The first-order chi connectivity index (χ1) is 12.6. The van der Waals surface area contributed by atoms with Gasteiger partial charge in [-0.2, -0.15) is 0 Å². The molecule has 2 aliphatic rings. The van der Waals surface area contributed by atoms with E-state index in [0.29, 0.717) is 35.7 Å². The average molecular weight is 387 g/mol. The molecule has 2 fully saturated rings. The molecule has 2 bridgehead atoms. The molecular formula is C22H27ClN2O2. The summed E-state index contributed by atoms with van der Waals surface area (Å²) in [7, 11) is 0. The molecule has 3 unspecified atom stereocenters. The van der Waals surface area contributed by atoms with Crippen LogP contribution in [0.25, 0.3) is 0 Å². The number of nitrogen functional groups attached to an aromatic ring is 1. The van der Waals surface area contributed by atoms with Gasteiger partial charge in [-0.1, -0.05) is 42.5 Å². The summed E-state index contributed by atoms with van der Waals surface area (Å²) >= 11 is 0. The number of nitrogens with two attached hydrogens (primary N) is 1. The van der Waals surface area contributed by atoms with Gasteiger partial charge < -0.3 is 10.5 Å². The summed E-state index contributed by atoms with van der Waals surface area (Å²) in [5, 5.41) is 0. The van der Waals surface area contributed by atoms with E-state index in [1.165, 1.54) is 18.4 Å². The van der Waals surface area contributed by atoms with Crippen molar-refractivity contribution in [2.24, 2.45) is 11.8 Å². The number of esters is 1. The molecule has 2 aromatic rings. The molecule has 0 spiro atoms. The van der Waals surface area contributed by atoms with E-state index in [2.05, 4.69) is 35.2 Å². The van der Waals surface area contributed by atoms with Gasteiger partial charge in [-0.05, 0) is 42.9 Å². The Morgan fingerprint density at radius 2 is 1.93 bits per heavy atom. The van der Waals surface area contributed by atoms with Crippen LogP contribution in [0.15, 0.2) is 48.5 Å². The first kappa shape index (κ1) is 19.7. The molecule has 4 rings (SSSR count). The highest BCUT2D eigenvalue weighted by Crippen LogP contribution is 2.43. The number of anilines is 1. The number of piperidine rings is 1. The lowest BCUT2D eigenvalue weighted by atomic mass is 9.99. The number of ether oxygens (including phenoxy) is 1. The highest BCUT2D eigenvalue weighted by Gasteiger charge is 2.47. The van der Waals surface area contributed by atoms with Crippen LogP contribution in [0, 0.1) is 18.8 Å². The van der Waals surface area contributed by atoms with Crippen LogP contribution in [-0.4, -0.2) is 30.1 Å². The molecule has 0 aromatic heterocycles. The molecule has 0 amide bonds. The van der Waals surface area contributed by atoms with Crippen LogP contribution in [0.4, 0.5) is 5.69 Å². The number of halogens is 1. The standard InChI is InChI=1S/C22H26N2O2.ClH/c1-15-6-5-9-18(21(15)23)22(25)26-14-19-17-10-11-20(19)24(13-17)12-16-7-3-2-4-8-16;/h2-9,17,19-20H,10-14,23H2,1H3;1H. The summed E-state index contributed by atoms with van der Waals surface area (Å²) in [6.45, 7) is 4.49. The van der Waals surface area contributed by atoms with Crippen LogP contribution in [0.3, 0.4) is 0 Å². The van der Waals surface area contributed by atoms with Crippen LogP contribution in [0.2, 0.25) is 0 Å². The SMILES string of the molecule is Cc1cccc(C(=O)OCC2C3CCC2N(Cc2ccccc2)C3)c1N.Cl. The second-order valence-corrected chi connectivity index (χ2v) is 7.62. The number of fused-ring (bicyclic) bond motifs is 2. The largest absolute Gasteiger partial charge is 0.462 e. The van der Waals surface area contributed by atoms with Crippen LogP contribution in [-0.2, 0) is 11.3 Å². The molecule has 2 N–H and O–H groups in total. The van der Waals surface area contributed by atoms with E-state index in [9.17, 15) is 4.79 Å². The third kappa shape index (κ3) is 3.97. The van der Waals surface area contributed by atoms with Crippen molar-refractivity contribution in [2.75, 3.05) is 18.9 Å². The summed E-state index contributed by atoms with van der Waals surface area (Å²) in [6, 6.07) is 16.6. The van der Waals surface area contributed by atoms with Crippen LogP contribution in [0.1, 0.15) is 34.3 Å². The zero-order valence-corrected chi connectivity index (χ0v) is 16.5. The molecule has 1 saturated carbocycles. The van der Waals surface area contributed by atoms with Crippen molar-refractivity contribution in [3.05, 3.63) is 65.2 Å². The van der Waals surface area contributed by atoms with E-state index in [4.69, 9.17) is 10.5 Å². The maximum Gasteiger partial charge on any atom is 0.340 e. The Hall–Kier alpha value is -2.04. The Labute approximate surface area is 167 Å². The lowest BCUT2D eigenvalue weighted by Gasteiger charge is -2.27. The van der Waals surface area contributed by atoms with Gasteiger partial charge in [0.15, 0.2) is 0 Å². The first-order valence-electron chi connectivity index (χ1n) is 9.43. The van der Waals surface area contributed by atoms with E-state index in [0.717, 1.165) is 18.7 Å². The Morgan fingerprint density at radius 1 is 1.15 bits per heavy atom. The normalized spacial score (nSPS) is 23.8. The molecule has 5 heteroatoms. The molecule has 144 valence electrons. The van der Waals surface area contributed by atoms with E-state index < -0.39 is 0 Å². The number of para-hydroxylation sites is 1. The average Bonchev–Trinajstić information content (AvgIpc) is 3.19. The lowest BCUT2D eigenvalue weighted by Crippen LogP contribution is -2.33. The van der Waals surface area contributed by atoms with Gasteiger partial charge >= 0.3 is 5.97 Å². The number of hydrogen-bond donors (Lipinski definition) is 1. The number of hydrogen-bond acceptors (Lipinski definition) is 4. The predicted octanol–water partition coefficient (Wildman–Crippen LogP) is 4.07. The van der Waals surface area contributed by atoms with E-state index in [-0.39, 0.29) is 18.4 Å². The number of carbonyl (C=O) groups excluding carboxylic acids is 1. The topological polar surface area (TPSA) is 55.6 Å². The highest BCUT2D eigenvalue weighted by molar-refractivity contribution is 5.95. The molecule has 1 heterocycles. The molecular weight excluding hydrogens is 360 g/mol. The molecule has 2 aromatic carbocycles. The maximum atomic E-state index is 12.5. The summed E-state index contributed by atoms with van der Waals surface area (Å²) in [5.74, 6) is 0.771. The van der Waals surface area contributed by atoms with Gasteiger partial charge in [0.2, 0.25) is 0 Å².